The first-order valence-electron chi connectivity index (χ1n) is 7.12. The molecule has 1 aromatic carbocycles. The maximum atomic E-state index is 11.6. The van der Waals surface area contributed by atoms with Crippen molar-refractivity contribution in [2.75, 3.05) is 31.7 Å². The number of hydrogen-bond donors (Lipinski definition) is 3. The fraction of sp³-hybridized carbons (Fsp3) is 0.429. The molecular formula is C14H20N4O4S. The summed E-state index contributed by atoms with van der Waals surface area (Å²) in [5.41, 5.74) is 2.70. The summed E-state index contributed by atoms with van der Waals surface area (Å²) in [4.78, 5) is 22.7. The summed E-state index contributed by atoms with van der Waals surface area (Å²) in [6.45, 7) is 0.697. The molecule has 2 rings (SSSR count). The van der Waals surface area contributed by atoms with E-state index in [-0.39, 0.29) is 6.54 Å². The summed E-state index contributed by atoms with van der Waals surface area (Å²) >= 11 is 0. The number of nitrogens with zero attached hydrogens (tertiary/aromatic N) is 1. The van der Waals surface area contributed by atoms with Crippen molar-refractivity contribution < 1.29 is 18.0 Å². The zero-order valence-electron chi connectivity index (χ0n) is 13.0. The number of anilines is 1. The van der Waals surface area contributed by atoms with E-state index in [4.69, 9.17) is 0 Å². The number of amides is 3. The molecule has 0 aliphatic carbocycles. The van der Waals surface area contributed by atoms with Gasteiger partial charge >= 0.3 is 6.03 Å². The van der Waals surface area contributed by atoms with Crippen molar-refractivity contribution in [3.8, 4) is 0 Å². The van der Waals surface area contributed by atoms with E-state index in [9.17, 15) is 18.0 Å². The second-order valence-electron chi connectivity index (χ2n) is 5.27. The number of nitrogens with one attached hydrogen (secondary N) is 3. The number of hydrogen-bond acceptors (Lipinski definition) is 5. The van der Waals surface area contributed by atoms with E-state index in [0.29, 0.717) is 19.5 Å². The summed E-state index contributed by atoms with van der Waals surface area (Å²) in [5.74, 6) is -0.449. The predicted molar refractivity (Wildman–Crippen MR) is 86.5 cm³/mol. The minimum atomic E-state index is -3.22. The summed E-state index contributed by atoms with van der Waals surface area (Å²) in [7, 11) is -1.79. The molecule has 0 unspecified atom stereocenters. The van der Waals surface area contributed by atoms with Crippen LogP contribution in [0.3, 0.4) is 0 Å². The molecule has 23 heavy (non-hydrogen) atoms. The van der Waals surface area contributed by atoms with Crippen LogP contribution in [-0.2, 0) is 27.8 Å². The zero-order chi connectivity index (χ0) is 17.0. The van der Waals surface area contributed by atoms with Gasteiger partial charge in [0, 0.05) is 25.8 Å². The standard InChI is InChI=1S/C14H20N4O4S/c1-15-14(20)17-13(19)8-16-12-5-3-4-10-9-18(23(2,21)22)7-6-11(10)12/h3-5,16H,6-9H2,1-2H3,(H2,15,17,19,20). The number of rotatable bonds is 4. The van der Waals surface area contributed by atoms with E-state index < -0.39 is 22.0 Å². The van der Waals surface area contributed by atoms with Crippen LogP contribution in [0, 0.1) is 0 Å². The van der Waals surface area contributed by atoms with Crippen LogP contribution < -0.4 is 16.0 Å². The Morgan fingerprint density at radius 3 is 2.70 bits per heavy atom. The van der Waals surface area contributed by atoms with Gasteiger partial charge in [-0.05, 0) is 23.6 Å². The third-order valence-electron chi connectivity index (χ3n) is 3.62. The summed E-state index contributed by atoms with van der Waals surface area (Å²) in [5, 5.41) is 7.47. The second-order valence-corrected chi connectivity index (χ2v) is 7.25. The summed E-state index contributed by atoms with van der Waals surface area (Å²) in [6, 6.07) is 4.96. The largest absolute Gasteiger partial charge is 0.376 e. The molecule has 3 N–H and O–H groups in total. The van der Waals surface area contributed by atoms with Gasteiger partial charge in [-0.3, -0.25) is 10.1 Å². The van der Waals surface area contributed by atoms with E-state index in [0.717, 1.165) is 16.8 Å². The van der Waals surface area contributed by atoms with Gasteiger partial charge in [-0.25, -0.2) is 13.2 Å². The highest BCUT2D eigenvalue weighted by Crippen LogP contribution is 2.27. The van der Waals surface area contributed by atoms with Crippen molar-refractivity contribution in [3.63, 3.8) is 0 Å². The van der Waals surface area contributed by atoms with Crippen LogP contribution in [0.1, 0.15) is 11.1 Å². The van der Waals surface area contributed by atoms with E-state index >= 15 is 0 Å². The molecule has 126 valence electrons. The highest BCUT2D eigenvalue weighted by molar-refractivity contribution is 7.88. The summed E-state index contributed by atoms with van der Waals surface area (Å²) in [6.07, 6.45) is 1.77. The Morgan fingerprint density at radius 2 is 2.04 bits per heavy atom. The van der Waals surface area contributed by atoms with Gasteiger partial charge in [0.2, 0.25) is 15.9 Å². The molecule has 0 radical (unpaired) electrons. The normalized spacial score (nSPS) is 14.7. The number of fused-ring (bicyclic) bond motifs is 1. The molecule has 0 bridgehead atoms. The maximum Gasteiger partial charge on any atom is 0.321 e. The highest BCUT2D eigenvalue weighted by Gasteiger charge is 2.24. The molecule has 0 saturated heterocycles. The lowest BCUT2D eigenvalue weighted by Gasteiger charge is -2.28. The van der Waals surface area contributed by atoms with Crippen molar-refractivity contribution in [1.29, 1.82) is 0 Å². The molecule has 3 amide bonds. The van der Waals surface area contributed by atoms with Gasteiger partial charge in [0.05, 0.1) is 12.8 Å². The first kappa shape index (κ1) is 17.2. The molecule has 1 heterocycles. The quantitative estimate of drug-likeness (QED) is 0.708. The highest BCUT2D eigenvalue weighted by atomic mass is 32.2. The van der Waals surface area contributed by atoms with Gasteiger partial charge in [0.25, 0.3) is 0 Å². The van der Waals surface area contributed by atoms with Gasteiger partial charge in [-0.2, -0.15) is 4.31 Å². The van der Waals surface area contributed by atoms with E-state index in [1.807, 2.05) is 18.2 Å². The molecule has 1 aliphatic heterocycles. The van der Waals surface area contributed by atoms with Crippen molar-refractivity contribution >= 4 is 27.6 Å². The maximum absolute atomic E-state index is 11.6. The van der Waals surface area contributed by atoms with Gasteiger partial charge in [-0.1, -0.05) is 12.1 Å². The van der Waals surface area contributed by atoms with E-state index in [1.165, 1.54) is 17.6 Å². The van der Waals surface area contributed by atoms with Crippen LogP contribution in [0.4, 0.5) is 10.5 Å². The Morgan fingerprint density at radius 1 is 1.30 bits per heavy atom. The van der Waals surface area contributed by atoms with Crippen molar-refractivity contribution in [3.05, 3.63) is 29.3 Å². The Bertz CT molecular complexity index is 717. The topological polar surface area (TPSA) is 108 Å². The molecule has 9 heteroatoms. The van der Waals surface area contributed by atoms with E-state index in [2.05, 4.69) is 16.0 Å². The molecule has 0 atom stereocenters. The lowest BCUT2D eigenvalue weighted by atomic mass is 9.99. The van der Waals surface area contributed by atoms with Gasteiger partial charge in [-0.15, -0.1) is 0 Å². The molecule has 0 fully saturated rings. The fourth-order valence-electron chi connectivity index (χ4n) is 2.44. The Balaban J connectivity index is 2.06. The van der Waals surface area contributed by atoms with Crippen molar-refractivity contribution in [2.45, 2.75) is 13.0 Å². The number of urea groups is 1. The van der Waals surface area contributed by atoms with E-state index in [1.54, 1.807) is 0 Å². The Kier molecular flexibility index (Phi) is 5.22. The molecule has 1 aliphatic rings. The number of benzene rings is 1. The minimum absolute atomic E-state index is 0.0420. The lowest BCUT2D eigenvalue weighted by Crippen LogP contribution is -2.40. The third kappa shape index (κ3) is 4.42. The van der Waals surface area contributed by atoms with Gasteiger partial charge in [0.1, 0.15) is 0 Å². The van der Waals surface area contributed by atoms with Crippen LogP contribution in [0.2, 0.25) is 0 Å². The van der Waals surface area contributed by atoms with Gasteiger partial charge in [0.15, 0.2) is 0 Å². The fourth-order valence-corrected chi connectivity index (χ4v) is 3.24. The van der Waals surface area contributed by atoms with Crippen LogP contribution in [0.15, 0.2) is 18.2 Å². The monoisotopic (exact) mass is 340 g/mol. The smallest absolute Gasteiger partial charge is 0.321 e. The first-order valence-corrected chi connectivity index (χ1v) is 8.97. The second kappa shape index (κ2) is 6.97. The number of carbonyl (C=O) groups is 2. The average Bonchev–Trinajstić information content (AvgIpc) is 2.51. The van der Waals surface area contributed by atoms with Crippen molar-refractivity contribution in [2.24, 2.45) is 0 Å². The lowest BCUT2D eigenvalue weighted by molar-refractivity contribution is -0.118. The number of carbonyl (C=O) groups excluding carboxylic acids is 2. The molecular weight excluding hydrogens is 320 g/mol. The third-order valence-corrected chi connectivity index (χ3v) is 4.87. The van der Waals surface area contributed by atoms with Gasteiger partial charge < -0.3 is 10.6 Å². The van der Waals surface area contributed by atoms with Crippen LogP contribution in [0.5, 0.6) is 0 Å². The predicted octanol–water partition coefficient (Wildman–Crippen LogP) is -0.128. The SMILES string of the molecule is CNC(=O)NC(=O)CNc1cccc2c1CCN(S(C)(=O)=O)C2. The molecule has 0 spiro atoms. The van der Waals surface area contributed by atoms with Crippen LogP contribution in [-0.4, -0.2) is 51.1 Å². The molecule has 8 nitrogen and oxygen atoms in total. The first-order chi connectivity index (χ1) is 10.8. The molecule has 0 aromatic heterocycles. The Labute approximate surface area is 135 Å². The molecule has 0 saturated carbocycles. The number of imide groups is 1. The minimum Gasteiger partial charge on any atom is -0.376 e. The van der Waals surface area contributed by atoms with Crippen LogP contribution >= 0.6 is 0 Å². The molecule has 1 aromatic rings. The summed E-state index contributed by atoms with van der Waals surface area (Å²) < 4.78 is 24.7. The van der Waals surface area contributed by atoms with Crippen molar-refractivity contribution in [1.82, 2.24) is 14.9 Å². The Hall–Kier alpha value is -2.13. The van der Waals surface area contributed by atoms with Crippen LogP contribution in [0.25, 0.3) is 0 Å². The average molecular weight is 340 g/mol. The zero-order valence-corrected chi connectivity index (χ0v) is 13.9. The number of sulfonamides is 1.